The highest BCUT2D eigenvalue weighted by Crippen LogP contribution is 2.35. The number of nitrogens with zero attached hydrogens (tertiary/aromatic N) is 6. The zero-order chi connectivity index (χ0) is 91.9. The number of terminal acetylenes is 1. The van der Waals surface area contributed by atoms with Gasteiger partial charge >= 0.3 is 12.1 Å². The molecule has 4 aromatic carbocycles. The fourth-order valence-corrected chi connectivity index (χ4v) is 16.9. The molecule has 0 saturated carbocycles. The Morgan fingerprint density at radius 3 is 1.60 bits per heavy atom. The van der Waals surface area contributed by atoms with Crippen LogP contribution in [-0.2, 0) is 68.4 Å². The largest absolute Gasteiger partial charge is 0.480 e. The van der Waals surface area contributed by atoms with Crippen molar-refractivity contribution >= 4 is 76.3 Å². The van der Waals surface area contributed by atoms with E-state index < -0.39 is 95.1 Å². The van der Waals surface area contributed by atoms with Crippen LogP contribution in [0.25, 0.3) is 16.1 Å². The Kier molecular flexibility index (Phi) is 52.8. The summed E-state index contributed by atoms with van der Waals surface area (Å²) in [6, 6.07) is 18.7. The van der Waals surface area contributed by atoms with Crippen molar-refractivity contribution < 1.29 is 108 Å². The molecular formula is C91H129F4N13O19S2. The number of Topliss-reactive ketones (excluding diaryl/α,β-unsaturated/α-hetero) is 4. The molecule has 32 nitrogen and oxygen atoms in total. The first kappa shape index (κ1) is 108. The second-order valence-electron chi connectivity index (χ2n) is 31.5. The van der Waals surface area contributed by atoms with E-state index in [1.54, 1.807) is 51.2 Å². The van der Waals surface area contributed by atoms with E-state index in [0.717, 1.165) is 101 Å². The maximum Gasteiger partial charge on any atom is 0.407 e. The predicted octanol–water partition coefficient (Wildman–Crippen LogP) is 13.1. The molecule has 5 heterocycles. The van der Waals surface area contributed by atoms with Crippen LogP contribution in [0.4, 0.5) is 32.8 Å². The van der Waals surface area contributed by atoms with Crippen molar-refractivity contribution in [1.29, 1.82) is 0 Å². The number of urea groups is 1. The van der Waals surface area contributed by atoms with Gasteiger partial charge in [-0.25, -0.2) is 31.8 Å². The maximum absolute atomic E-state index is 14.0. The second kappa shape index (κ2) is 62.9. The van der Waals surface area contributed by atoms with Crippen LogP contribution in [0, 0.1) is 35.6 Å². The molecular weight excluding hydrogens is 1720 g/mol. The summed E-state index contributed by atoms with van der Waals surface area (Å²) in [5, 5.41) is 33.9. The van der Waals surface area contributed by atoms with Crippen LogP contribution in [0.1, 0.15) is 184 Å². The minimum absolute atomic E-state index is 0. The van der Waals surface area contributed by atoms with E-state index in [0.29, 0.717) is 202 Å². The summed E-state index contributed by atoms with van der Waals surface area (Å²) >= 11 is 3.97. The summed E-state index contributed by atoms with van der Waals surface area (Å²) in [6.07, 6.45) is 20.2. The molecule has 5 aromatic rings. The Balaban J connectivity index is 0.000000319. The van der Waals surface area contributed by atoms with Crippen molar-refractivity contribution in [3.8, 4) is 29.5 Å². The van der Waals surface area contributed by atoms with E-state index >= 15 is 0 Å². The summed E-state index contributed by atoms with van der Waals surface area (Å²) in [5.41, 5.74) is 9.77. The fourth-order valence-electron chi connectivity index (χ4n) is 13.8. The molecule has 0 aliphatic carbocycles. The fraction of sp³-hybridized carbons (Fsp3) is 0.604. The van der Waals surface area contributed by atoms with Gasteiger partial charge in [0, 0.05) is 108 Å². The number of unbranched alkanes of at least 4 members (excludes halogenated alkanes) is 5. The highest BCUT2D eigenvalue weighted by atomic mass is 32.2. The number of benzene rings is 4. The maximum atomic E-state index is 14.0. The number of hydrogen-bond acceptors (Lipinski definition) is 26. The molecule has 1 aromatic heterocycles. The molecule has 9 rings (SSSR count). The van der Waals surface area contributed by atoms with Gasteiger partial charge in [0.1, 0.15) is 42.7 Å². The van der Waals surface area contributed by atoms with Gasteiger partial charge in [-0.05, 0) is 145 Å². The van der Waals surface area contributed by atoms with Crippen molar-refractivity contribution in [3.05, 3.63) is 142 Å². The van der Waals surface area contributed by atoms with Gasteiger partial charge in [-0.1, -0.05) is 93.0 Å². The molecule has 129 heavy (non-hydrogen) atoms. The number of carbonyl (C=O) groups excluding carboxylic acids is 8. The number of nitrogens with one attached hydrogen (secondary N) is 7. The topological polar surface area (TPSA) is 402 Å². The monoisotopic (exact) mass is 1850 g/mol. The number of para-hydroxylation sites is 2. The number of hydrogen-bond donors (Lipinski definition) is 7. The molecule has 0 spiro atoms. The molecule has 8 atom stereocenters. The van der Waals surface area contributed by atoms with Crippen LogP contribution in [0.3, 0.4) is 0 Å². The standard InChI is InChI=1S/C43H60F2N6O8S.C25H29F2N5O5.C22H36N2O6S.CH4/c1-2-3-4-16-37(39(53)28-59-42-35(44)14-8-15-36(42)45)48-43(54)31-10-7-11-33(25-31)51-26-32(49-50-51)27-58-24-23-57-22-21-56-20-19-55-18-9-13-34(52)12-5-6-17-40-41-38(29-60-40)46-30-47-41;1-25(2,3)37-24(35)29-13-5-4-12-20(21(33)15-36-22-18(26)10-7-11-19(22)27)30-23(34)16-8-6-9-17(14-16)31-32-28;1-2-9-27-11-13-29-15-16-30-14-12-28-10-5-7-18(25)6-3-4-8-20-21-19(17-31-20)23-22(26)24-21;/h7-8,10-11,14-15,25-26,37-38,40-41,46-47H,2-6,9,12-13,16-24,27-30H2,1H3,(H,48,54);6-11,14,20H,4-5,12-13,15H2,1-3H3,(H,29,35)(H,30,34);1,19-21H,3-17H2,(H2,23,24,26);1H4/t37-,38-,40-,41-;20-;19-,20-,21-;/m000./s1. The van der Waals surface area contributed by atoms with Crippen LogP contribution in [0.5, 0.6) is 11.5 Å². The number of aromatic nitrogens is 3. The molecule has 4 fully saturated rings. The molecule has 4 saturated heterocycles. The Labute approximate surface area is 762 Å². The highest BCUT2D eigenvalue weighted by molar-refractivity contribution is 8.00. The summed E-state index contributed by atoms with van der Waals surface area (Å²) < 4.78 is 116. The number of halogens is 4. The van der Waals surface area contributed by atoms with Crippen molar-refractivity contribution in [2.75, 3.05) is 137 Å². The number of ether oxygens (including phenoxy) is 11. The lowest BCUT2D eigenvalue weighted by atomic mass is 10.0. The number of thioether (sulfide) groups is 2. The van der Waals surface area contributed by atoms with Gasteiger partial charge in [-0.2, -0.15) is 23.5 Å². The summed E-state index contributed by atoms with van der Waals surface area (Å²) in [7, 11) is 0. The number of alkyl carbamates (subject to hydrolysis) is 1. The Bertz CT molecular complexity index is 4260. The quantitative estimate of drug-likeness (QED) is 0.00361. The van der Waals surface area contributed by atoms with E-state index in [4.69, 9.17) is 64.1 Å². The molecule has 5 amide bonds. The predicted molar refractivity (Wildman–Crippen MR) is 482 cm³/mol. The molecule has 0 bridgehead atoms. The van der Waals surface area contributed by atoms with Gasteiger partial charge in [0.15, 0.2) is 46.3 Å². The number of azide groups is 1. The van der Waals surface area contributed by atoms with Crippen molar-refractivity contribution in [1.82, 2.24) is 52.2 Å². The van der Waals surface area contributed by atoms with E-state index in [2.05, 4.69) is 75.2 Å². The number of carbonyl (C=O) groups is 8. The zero-order valence-electron chi connectivity index (χ0n) is 73.6. The number of fused-ring (bicyclic) bond motifs is 2. The van der Waals surface area contributed by atoms with Gasteiger partial charge in [-0.3, -0.25) is 39.4 Å². The third-order valence-electron chi connectivity index (χ3n) is 20.3. The van der Waals surface area contributed by atoms with E-state index in [-0.39, 0.29) is 56.4 Å². The Morgan fingerprint density at radius 2 is 1.07 bits per heavy atom. The van der Waals surface area contributed by atoms with E-state index in [1.165, 1.54) is 47.2 Å². The third-order valence-corrected chi connectivity index (χ3v) is 23.3. The Hall–Kier alpha value is -9.33. The van der Waals surface area contributed by atoms with Gasteiger partial charge < -0.3 is 78.7 Å². The van der Waals surface area contributed by atoms with Crippen molar-refractivity contribution in [2.45, 2.75) is 216 Å². The van der Waals surface area contributed by atoms with Gasteiger partial charge in [0.05, 0.1) is 122 Å². The molecule has 7 N–H and O–H groups in total. The average molecular weight is 1850 g/mol. The summed E-state index contributed by atoms with van der Waals surface area (Å²) in [5.74, 6) is -2.10. The smallest absolute Gasteiger partial charge is 0.407 e. The minimum atomic E-state index is -1.05. The molecule has 712 valence electrons. The van der Waals surface area contributed by atoms with Crippen molar-refractivity contribution in [3.63, 3.8) is 0 Å². The van der Waals surface area contributed by atoms with Crippen LogP contribution >= 0.6 is 23.5 Å². The first-order valence-corrected chi connectivity index (χ1v) is 45.9. The van der Waals surface area contributed by atoms with Gasteiger partial charge in [0.25, 0.3) is 11.8 Å². The number of rotatable bonds is 62. The summed E-state index contributed by atoms with van der Waals surface area (Å²) in [4.78, 5) is 102. The summed E-state index contributed by atoms with van der Waals surface area (Å²) in [6.45, 7) is 14.3. The first-order chi connectivity index (χ1) is 62.0. The van der Waals surface area contributed by atoms with Crippen LogP contribution in [-0.4, -0.2) is 251 Å². The zero-order valence-corrected chi connectivity index (χ0v) is 75.2. The number of ketones is 4. The number of amides is 5. The van der Waals surface area contributed by atoms with Crippen LogP contribution < -0.4 is 46.7 Å². The van der Waals surface area contributed by atoms with E-state index in [9.17, 15) is 55.9 Å². The lowest BCUT2D eigenvalue weighted by Crippen LogP contribution is -2.43. The van der Waals surface area contributed by atoms with E-state index in [1.807, 2.05) is 18.7 Å². The normalized spacial score (nSPS) is 16.9. The van der Waals surface area contributed by atoms with Gasteiger partial charge in [-0.15, -0.1) is 11.5 Å². The highest BCUT2D eigenvalue weighted by Gasteiger charge is 2.43. The van der Waals surface area contributed by atoms with Gasteiger partial charge in [0.2, 0.25) is 0 Å². The Morgan fingerprint density at radius 1 is 0.589 bits per heavy atom. The SMILES string of the molecule is C.C#CCOCCOCCOCCOCCCC(=O)CCCC[C@@H]1SC[C@@H]2NC(=O)N[C@@H]21.CC(C)(C)OC(=O)NCCCC[C@H](NC(=O)c1cccc(N=[N+]=[N-])c1)C(=O)COc1c(F)cccc1F.CCCCC[C@H](NC(=O)c1cccc(-n2cc(COCCOCCOCCOCCCC(=O)CCCC[C@@H]3SC[C@@H]4NCN[C@@H]43)nn2)c1)C(=O)COc1c(F)cccc1F. The second-order valence-corrected chi connectivity index (χ2v) is 34.0. The minimum Gasteiger partial charge on any atom is -0.480 e. The first-order valence-electron chi connectivity index (χ1n) is 43.8. The van der Waals surface area contributed by atoms with Crippen molar-refractivity contribution in [2.24, 2.45) is 5.11 Å². The molecule has 0 radical (unpaired) electrons. The molecule has 0 unspecified atom stereocenters. The average Bonchev–Trinajstić information content (AvgIpc) is 1.67. The lowest BCUT2D eigenvalue weighted by Gasteiger charge is -2.20. The molecule has 38 heteroatoms. The lowest BCUT2D eigenvalue weighted by molar-refractivity contribution is -0.123. The molecule has 4 aliphatic heterocycles. The van der Waals surface area contributed by atoms with Crippen LogP contribution in [0.15, 0.2) is 96.2 Å². The van der Waals surface area contributed by atoms with Crippen LogP contribution in [0.2, 0.25) is 0 Å². The molecule has 4 aliphatic rings. The third kappa shape index (κ3) is 43.1.